The highest BCUT2D eigenvalue weighted by Gasteiger charge is 2.44. The van der Waals surface area contributed by atoms with Crippen LogP contribution in [0.1, 0.15) is 49.2 Å². The number of anilines is 1. The molecule has 0 bridgehead atoms. The Morgan fingerprint density at radius 2 is 2.00 bits per heavy atom. The fourth-order valence-electron chi connectivity index (χ4n) is 3.00. The standard InChI is InChI=1S/C20H26N4O2/c1-4-24-12-17(18(23-24)20(26)21-11-13(2)3)22-19(25)16-10-15(16)14-8-6-5-7-9-14/h5-9,12-13,15-16H,4,10-11H2,1-3H3,(H,21,26)(H,22,25). The first kappa shape index (κ1) is 18.2. The van der Waals surface area contributed by atoms with Crippen LogP contribution in [-0.4, -0.2) is 28.1 Å². The fourth-order valence-corrected chi connectivity index (χ4v) is 3.00. The summed E-state index contributed by atoms with van der Waals surface area (Å²) in [6.45, 7) is 7.22. The highest BCUT2D eigenvalue weighted by Crippen LogP contribution is 2.47. The van der Waals surface area contributed by atoms with E-state index in [0.717, 1.165) is 6.42 Å². The number of aryl methyl sites for hydroxylation is 1. The van der Waals surface area contributed by atoms with Crippen LogP contribution < -0.4 is 10.6 Å². The molecule has 2 unspecified atom stereocenters. The highest BCUT2D eigenvalue weighted by molar-refractivity contribution is 6.03. The number of hydrogen-bond donors (Lipinski definition) is 2. The zero-order valence-electron chi connectivity index (χ0n) is 15.5. The zero-order valence-corrected chi connectivity index (χ0v) is 15.5. The van der Waals surface area contributed by atoms with Crippen LogP contribution in [0.15, 0.2) is 36.5 Å². The summed E-state index contributed by atoms with van der Waals surface area (Å²) in [6, 6.07) is 10.1. The van der Waals surface area contributed by atoms with Gasteiger partial charge >= 0.3 is 0 Å². The molecule has 1 fully saturated rings. The molecule has 26 heavy (non-hydrogen) atoms. The van der Waals surface area contributed by atoms with Crippen molar-refractivity contribution >= 4 is 17.5 Å². The Labute approximate surface area is 154 Å². The molecule has 2 N–H and O–H groups in total. The summed E-state index contributed by atoms with van der Waals surface area (Å²) in [7, 11) is 0. The number of hydrogen-bond acceptors (Lipinski definition) is 3. The molecule has 1 heterocycles. The van der Waals surface area contributed by atoms with Crippen molar-refractivity contribution in [1.29, 1.82) is 0 Å². The largest absolute Gasteiger partial charge is 0.350 e. The molecule has 0 spiro atoms. The lowest BCUT2D eigenvalue weighted by Crippen LogP contribution is -2.29. The second kappa shape index (κ2) is 7.72. The highest BCUT2D eigenvalue weighted by atomic mass is 16.2. The van der Waals surface area contributed by atoms with Gasteiger partial charge in [-0.1, -0.05) is 44.2 Å². The number of aromatic nitrogens is 2. The summed E-state index contributed by atoms with van der Waals surface area (Å²) in [6.07, 6.45) is 2.56. The number of amides is 2. The average molecular weight is 354 g/mol. The van der Waals surface area contributed by atoms with Gasteiger partial charge in [-0.15, -0.1) is 0 Å². The molecule has 1 aliphatic carbocycles. The van der Waals surface area contributed by atoms with E-state index in [1.54, 1.807) is 10.9 Å². The van der Waals surface area contributed by atoms with Gasteiger partial charge in [-0.25, -0.2) is 0 Å². The van der Waals surface area contributed by atoms with E-state index in [2.05, 4.69) is 27.9 Å². The summed E-state index contributed by atoms with van der Waals surface area (Å²) in [5.74, 6) is 0.261. The first-order valence-electron chi connectivity index (χ1n) is 9.21. The molecule has 0 saturated heterocycles. The number of nitrogens with one attached hydrogen (secondary N) is 2. The van der Waals surface area contributed by atoms with Crippen molar-refractivity contribution in [1.82, 2.24) is 15.1 Å². The predicted molar refractivity (Wildman–Crippen MR) is 101 cm³/mol. The molecule has 1 aliphatic rings. The first-order valence-corrected chi connectivity index (χ1v) is 9.21. The normalized spacial score (nSPS) is 18.6. The maximum atomic E-state index is 12.6. The average Bonchev–Trinajstić information content (AvgIpc) is 3.35. The molecule has 1 aromatic heterocycles. The third kappa shape index (κ3) is 4.12. The van der Waals surface area contributed by atoms with Crippen LogP contribution in [0.5, 0.6) is 0 Å². The van der Waals surface area contributed by atoms with Gasteiger partial charge in [-0.2, -0.15) is 5.10 Å². The van der Waals surface area contributed by atoms with Crippen molar-refractivity contribution in [2.24, 2.45) is 11.8 Å². The molecule has 1 saturated carbocycles. The monoisotopic (exact) mass is 354 g/mol. The minimum atomic E-state index is -0.253. The predicted octanol–water partition coefficient (Wildman–Crippen LogP) is 3.03. The lowest BCUT2D eigenvalue weighted by molar-refractivity contribution is -0.117. The zero-order chi connectivity index (χ0) is 18.7. The van der Waals surface area contributed by atoms with Gasteiger partial charge in [0.2, 0.25) is 5.91 Å². The van der Waals surface area contributed by atoms with Gasteiger partial charge in [0.1, 0.15) is 0 Å². The number of nitrogens with zero attached hydrogens (tertiary/aromatic N) is 2. The second-order valence-corrected chi connectivity index (χ2v) is 7.20. The van der Waals surface area contributed by atoms with Crippen molar-refractivity contribution in [2.75, 3.05) is 11.9 Å². The van der Waals surface area contributed by atoms with E-state index in [0.29, 0.717) is 24.7 Å². The molecule has 0 radical (unpaired) electrons. The first-order chi connectivity index (χ1) is 12.5. The van der Waals surface area contributed by atoms with Crippen LogP contribution in [0.25, 0.3) is 0 Å². The second-order valence-electron chi connectivity index (χ2n) is 7.20. The van der Waals surface area contributed by atoms with Crippen LogP contribution in [0, 0.1) is 11.8 Å². The van der Waals surface area contributed by atoms with Gasteiger partial charge < -0.3 is 10.6 Å². The smallest absolute Gasteiger partial charge is 0.273 e. The minimum absolute atomic E-state index is 0.0473. The summed E-state index contributed by atoms with van der Waals surface area (Å²) < 4.78 is 1.67. The van der Waals surface area contributed by atoms with Gasteiger partial charge in [0, 0.05) is 25.2 Å². The molecular formula is C20H26N4O2. The number of carbonyl (C=O) groups excluding carboxylic acids is 2. The van der Waals surface area contributed by atoms with Crippen molar-refractivity contribution in [2.45, 2.75) is 39.7 Å². The Bertz CT molecular complexity index is 782. The summed E-state index contributed by atoms with van der Waals surface area (Å²) in [5, 5.41) is 10.1. The van der Waals surface area contributed by atoms with Crippen molar-refractivity contribution in [3.05, 3.63) is 47.8 Å². The minimum Gasteiger partial charge on any atom is -0.350 e. The molecular weight excluding hydrogens is 328 g/mol. The van der Waals surface area contributed by atoms with Gasteiger partial charge in [0.05, 0.1) is 5.69 Å². The summed E-state index contributed by atoms with van der Waals surface area (Å²) >= 11 is 0. The van der Waals surface area contributed by atoms with Crippen LogP contribution in [0.4, 0.5) is 5.69 Å². The Kier molecular flexibility index (Phi) is 5.40. The molecule has 0 aliphatic heterocycles. The Morgan fingerprint density at radius 3 is 2.65 bits per heavy atom. The molecule has 1 aromatic carbocycles. The van der Waals surface area contributed by atoms with E-state index in [-0.39, 0.29) is 29.3 Å². The topological polar surface area (TPSA) is 76.0 Å². The lowest BCUT2D eigenvalue weighted by Gasteiger charge is -2.08. The van der Waals surface area contributed by atoms with E-state index < -0.39 is 0 Å². The van der Waals surface area contributed by atoms with E-state index >= 15 is 0 Å². The molecule has 6 nitrogen and oxygen atoms in total. The van der Waals surface area contributed by atoms with Gasteiger partial charge in [-0.05, 0) is 30.7 Å². The molecule has 2 atom stereocenters. The van der Waals surface area contributed by atoms with Crippen LogP contribution in [0.3, 0.4) is 0 Å². The quantitative estimate of drug-likeness (QED) is 0.802. The third-order valence-corrected chi connectivity index (χ3v) is 4.58. The van der Waals surface area contributed by atoms with Crippen LogP contribution in [-0.2, 0) is 11.3 Å². The lowest BCUT2D eigenvalue weighted by atomic mass is 10.1. The molecule has 2 aromatic rings. The molecule has 6 heteroatoms. The molecule has 2 amide bonds. The van der Waals surface area contributed by atoms with Gasteiger partial charge in [0.25, 0.3) is 5.91 Å². The maximum absolute atomic E-state index is 12.6. The van der Waals surface area contributed by atoms with Crippen molar-refractivity contribution in [3.8, 4) is 0 Å². The van der Waals surface area contributed by atoms with E-state index in [9.17, 15) is 9.59 Å². The number of rotatable bonds is 7. The number of carbonyl (C=O) groups is 2. The maximum Gasteiger partial charge on any atom is 0.273 e. The van der Waals surface area contributed by atoms with Crippen molar-refractivity contribution in [3.63, 3.8) is 0 Å². The molecule has 3 rings (SSSR count). The molecule has 138 valence electrons. The van der Waals surface area contributed by atoms with Gasteiger partial charge in [0.15, 0.2) is 5.69 Å². The van der Waals surface area contributed by atoms with Crippen LogP contribution in [0.2, 0.25) is 0 Å². The van der Waals surface area contributed by atoms with Crippen LogP contribution >= 0.6 is 0 Å². The van der Waals surface area contributed by atoms with E-state index in [1.807, 2.05) is 39.0 Å². The van der Waals surface area contributed by atoms with E-state index in [1.165, 1.54) is 5.56 Å². The fraction of sp³-hybridized carbons (Fsp3) is 0.450. The SMILES string of the molecule is CCn1cc(NC(=O)C2CC2c2ccccc2)c(C(=O)NCC(C)C)n1. The Hall–Kier alpha value is -2.63. The summed E-state index contributed by atoms with van der Waals surface area (Å²) in [4.78, 5) is 25.0. The number of benzene rings is 1. The third-order valence-electron chi connectivity index (χ3n) is 4.58. The Morgan fingerprint density at radius 1 is 1.27 bits per heavy atom. The van der Waals surface area contributed by atoms with E-state index in [4.69, 9.17) is 0 Å². The summed E-state index contributed by atoms with van der Waals surface area (Å²) in [5.41, 5.74) is 1.95. The Balaban J connectivity index is 1.68. The van der Waals surface area contributed by atoms with Crippen molar-refractivity contribution < 1.29 is 9.59 Å². The van der Waals surface area contributed by atoms with Gasteiger partial charge in [-0.3, -0.25) is 14.3 Å².